The summed E-state index contributed by atoms with van der Waals surface area (Å²) in [5.74, 6) is -1.25. The first-order valence-electron chi connectivity index (χ1n) is 5.27. The standard InChI is InChI=1S/C13H13NO3/c1-7-4-8(2)9(3)10(5-7)11-6-12(13(15)16)17-14-11/h4-6H,1-3H3,(H,15,16). The van der Waals surface area contributed by atoms with Gasteiger partial charge in [0.2, 0.25) is 5.76 Å². The lowest BCUT2D eigenvalue weighted by Crippen LogP contribution is -1.92. The third-order valence-electron chi connectivity index (χ3n) is 2.81. The maximum Gasteiger partial charge on any atom is 0.374 e. The highest BCUT2D eigenvalue weighted by Gasteiger charge is 2.14. The second-order valence-electron chi connectivity index (χ2n) is 4.14. The van der Waals surface area contributed by atoms with Crippen LogP contribution in [0.2, 0.25) is 0 Å². The van der Waals surface area contributed by atoms with Gasteiger partial charge in [-0.25, -0.2) is 4.79 Å². The van der Waals surface area contributed by atoms with Crippen molar-refractivity contribution in [1.82, 2.24) is 5.16 Å². The molecule has 88 valence electrons. The fourth-order valence-corrected chi connectivity index (χ4v) is 1.81. The van der Waals surface area contributed by atoms with Crippen LogP contribution >= 0.6 is 0 Å². The molecule has 2 rings (SSSR count). The summed E-state index contributed by atoms with van der Waals surface area (Å²) in [6.07, 6.45) is 0. The average Bonchev–Trinajstić information content (AvgIpc) is 2.72. The molecule has 0 aliphatic heterocycles. The first kappa shape index (κ1) is 11.4. The van der Waals surface area contributed by atoms with Crippen LogP contribution in [0.4, 0.5) is 0 Å². The minimum Gasteiger partial charge on any atom is -0.475 e. The van der Waals surface area contributed by atoms with E-state index in [0.29, 0.717) is 5.69 Å². The average molecular weight is 231 g/mol. The van der Waals surface area contributed by atoms with E-state index in [2.05, 4.69) is 11.2 Å². The van der Waals surface area contributed by atoms with Gasteiger partial charge < -0.3 is 9.63 Å². The summed E-state index contributed by atoms with van der Waals surface area (Å²) in [6, 6.07) is 5.51. The smallest absolute Gasteiger partial charge is 0.374 e. The van der Waals surface area contributed by atoms with E-state index in [9.17, 15) is 4.79 Å². The van der Waals surface area contributed by atoms with Gasteiger partial charge in [-0.05, 0) is 38.0 Å². The molecule has 0 bridgehead atoms. The van der Waals surface area contributed by atoms with Crippen molar-refractivity contribution in [3.8, 4) is 11.3 Å². The maximum absolute atomic E-state index is 10.7. The Hall–Kier alpha value is -2.10. The van der Waals surface area contributed by atoms with E-state index < -0.39 is 5.97 Å². The molecule has 1 aromatic carbocycles. The fourth-order valence-electron chi connectivity index (χ4n) is 1.81. The fraction of sp³-hybridized carbons (Fsp3) is 0.231. The molecule has 1 aromatic heterocycles. The lowest BCUT2D eigenvalue weighted by atomic mass is 9.98. The Balaban J connectivity index is 2.56. The van der Waals surface area contributed by atoms with Gasteiger partial charge in [-0.3, -0.25) is 0 Å². The van der Waals surface area contributed by atoms with E-state index in [1.807, 2.05) is 26.8 Å². The van der Waals surface area contributed by atoms with Crippen molar-refractivity contribution < 1.29 is 14.4 Å². The monoisotopic (exact) mass is 231 g/mol. The molecule has 0 saturated carbocycles. The number of carboxylic acids is 1. The number of carbonyl (C=O) groups is 1. The number of aromatic carboxylic acids is 1. The number of hydrogen-bond donors (Lipinski definition) is 1. The molecule has 0 aliphatic carbocycles. The zero-order valence-corrected chi connectivity index (χ0v) is 9.94. The van der Waals surface area contributed by atoms with Crippen molar-refractivity contribution in [1.29, 1.82) is 0 Å². The van der Waals surface area contributed by atoms with Crippen molar-refractivity contribution in [2.24, 2.45) is 0 Å². The minimum atomic E-state index is -1.11. The Morgan fingerprint density at radius 1 is 1.24 bits per heavy atom. The summed E-state index contributed by atoms with van der Waals surface area (Å²) in [5.41, 5.74) is 4.83. The summed E-state index contributed by atoms with van der Waals surface area (Å²) in [5, 5.41) is 12.6. The second kappa shape index (κ2) is 4.05. The highest BCUT2D eigenvalue weighted by atomic mass is 16.5. The van der Waals surface area contributed by atoms with E-state index >= 15 is 0 Å². The van der Waals surface area contributed by atoms with Crippen molar-refractivity contribution in [2.75, 3.05) is 0 Å². The van der Waals surface area contributed by atoms with Gasteiger partial charge in [-0.2, -0.15) is 0 Å². The summed E-state index contributed by atoms with van der Waals surface area (Å²) < 4.78 is 4.77. The molecule has 0 fully saturated rings. The van der Waals surface area contributed by atoms with E-state index in [0.717, 1.165) is 22.3 Å². The SMILES string of the molecule is Cc1cc(C)c(C)c(-c2cc(C(=O)O)on2)c1. The molecule has 2 aromatic rings. The van der Waals surface area contributed by atoms with Gasteiger partial charge in [-0.15, -0.1) is 0 Å². The molecule has 0 aliphatic rings. The molecular formula is C13H13NO3. The lowest BCUT2D eigenvalue weighted by molar-refractivity contribution is 0.0652. The molecule has 0 atom stereocenters. The first-order chi connectivity index (χ1) is 7.99. The Morgan fingerprint density at radius 3 is 2.53 bits per heavy atom. The number of aromatic nitrogens is 1. The molecule has 0 amide bonds. The van der Waals surface area contributed by atoms with Crippen LogP contribution < -0.4 is 0 Å². The largest absolute Gasteiger partial charge is 0.475 e. The highest BCUT2D eigenvalue weighted by Crippen LogP contribution is 2.26. The molecule has 0 saturated heterocycles. The van der Waals surface area contributed by atoms with Crippen LogP contribution in [0.25, 0.3) is 11.3 Å². The third-order valence-corrected chi connectivity index (χ3v) is 2.81. The Kier molecular flexibility index (Phi) is 2.71. The van der Waals surface area contributed by atoms with Crippen LogP contribution in [0.1, 0.15) is 27.2 Å². The predicted molar refractivity (Wildman–Crippen MR) is 63.1 cm³/mol. The van der Waals surface area contributed by atoms with Gasteiger partial charge in [-0.1, -0.05) is 16.8 Å². The van der Waals surface area contributed by atoms with Crippen LogP contribution in [-0.4, -0.2) is 16.2 Å². The molecule has 0 radical (unpaired) electrons. The minimum absolute atomic E-state index is 0.140. The van der Waals surface area contributed by atoms with Gasteiger partial charge in [0.25, 0.3) is 0 Å². The van der Waals surface area contributed by atoms with Crippen molar-refractivity contribution >= 4 is 5.97 Å². The quantitative estimate of drug-likeness (QED) is 0.863. The number of hydrogen-bond acceptors (Lipinski definition) is 3. The van der Waals surface area contributed by atoms with E-state index in [4.69, 9.17) is 9.63 Å². The summed E-state index contributed by atoms with van der Waals surface area (Å²) in [6.45, 7) is 6.00. The second-order valence-corrected chi connectivity index (χ2v) is 4.14. The number of nitrogens with zero attached hydrogens (tertiary/aromatic N) is 1. The van der Waals surface area contributed by atoms with Crippen LogP contribution in [0.15, 0.2) is 22.7 Å². The van der Waals surface area contributed by atoms with Crippen LogP contribution in [0.3, 0.4) is 0 Å². The lowest BCUT2D eigenvalue weighted by Gasteiger charge is -2.07. The molecule has 17 heavy (non-hydrogen) atoms. The summed E-state index contributed by atoms with van der Waals surface area (Å²) in [4.78, 5) is 10.7. The van der Waals surface area contributed by atoms with E-state index in [1.165, 1.54) is 6.07 Å². The van der Waals surface area contributed by atoms with Crippen LogP contribution in [-0.2, 0) is 0 Å². The Morgan fingerprint density at radius 2 is 1.94 bits per heavy atom. The summed E-state index contributed by atoms with van der Waals surface area (Å²) >= 11 is 0. The molecule has 4 nitrogen and oxygen atoms in total. The highest BCUT2D eigenvalue weighted by molar-refractivity contribution is 5.86. The molecule has 1 N–H and O–H groups in total. The van der Waals surface area contributed by atoms with Gasteiger partial charge in [0, 0.05) is 11.6 Å². The first-order valence-corrected chi connectivity index (χ1v) is 5.27. The number of carboxylic acid groups (broad SMARTS) is 1. The number of benzene rings is 1. The topological polar surface area (TPSA) is 63.3 Å². The number of rotatable bonds is 2. The Labute approximate surface area is 98.9 Å². The van der Waals surface area contributed by atoms with Gasteiger partial charge in [0.05, 0.1) is 0 Å². The molecule has 1 heterocycles. The van der Waals surface area contributed by atoms with Crippen LogP contribution in [0, 0.1) is 20.8 Å². The molecule has 0 unspecified atom stereocenters. The van der Waals surface area contributed by atoms with Crippen LogP contribution in [0.5, 0.6) is 0 Å². The van der Waals surface area contributed by atoms with Crippen molar-refractivity contribution in [3.05, 3.63) is 40.6 Å². The Bertz CT molecular complexity index is 584. The third kappa shape index (κ3) is 2.06. The maximum atomic E-state index is 10.7. The van der Waals surface area contributed by atoms with Gasteiger partial charge >= 0.3 is 5.97 Å². The van der Waals surface area contributed by atoms with Crippen molar-refractivity contribution in [2.45, 2.75) is 20.8 Å². The molecule has 4 heteroatoms. The van der Waals surface area contributed by atoms with Gasteiger partial charge in [0.15, 0.2) is 0 Å². The van der Waals surface area contributed by atoms with Crippen molar-refractivity contribution in [3.63, 3.8) is 0 Å². The zero-order valence-electron chi connectivity index (χ0n) is 9.94. The summed E-state index contributed by atoms with van der Waals surface area (Å²) in [7, 11) is 0. The predicted octanol–water partition coefficient (Wildman–Crippen LogP) is 2.97. The van der Waals surface area contributed by atoms with E-state index in [1.54, 1.807) is 0 Å². The van der Waals surface area contributed by atoms with Gasteiger partial charge in [0.1, 0.15) is 5.69 Å². The number of aryl methyl sites for hydroxylation is 2. The zero-order chi connectivity index (χ0) is 12.6. The van der Waals surface area contributed by atoms with E-state index in [-0.39, 0.29) is 5.76 Å². The molecular weight excluding hydrogens is 218 g/mol. The molecule has 0 spiro atoms. The normalized spacial score (nSPS) is 10.5.